The number of hydrogen-bond acceptors (Lipinski definition) is 9. The van der Waals surface area contributed by atoms with Gasteiger partial charge in [-0.1, -0.05) is 0 Å². The van der Waals surface area contributed by atoms with Crippen LogP contribution < -0.4 is 13.9 Å². The summed E-state index contributed by atoms with van der Waals surface area (Å²) in [6.45, 7) is 25.2. The first-order chi connectivity index (χ1) is 28.2. The molecule has 3 aromatic carbocycles. The summed E-state index contributed by atoms with van der Waals surface area (Å²) < 4.78 is 45.1. The summed E-state index contributed by atoms with van der Waals surface area (Å²) in [6, 6.07) is 25.2. The molecule has 0 amide bonds. The van der Waals surface area contributed by atoms with Crippen LogP contribution in [0.25, 0.3) is 0 Å². The molecule has 0 aliphatic carbocycles. The second-order valence-corrected chi connectivity index (χ2v) is 33.2. The summed E-state index contributed by atoms with van der Waals surface area (Å²) in [5, 5.41) is 0. The Morgan fingerprint density at radius 3 is 2.03 bits per heavy atom. The number of ether oxygens (including phenoxy) is 7. The zero-order valence-corrected chi connectivity index (χ0v) is 42.1. The molecule has 0 saturated carbocycles. The average Bonchev–Trinajstić information content (AvgIpc) is 3.49. The first kappa shape index (κ1) is 49.7. The fourth-order valence-electron chi connectivity index (χ4n) is 6.89. The summed E-state index contributed by atoms with van der Waals surface area (Å²) in [5.74, 6) is 0.254. The van der Waals surface area contributed by atoms with Crippen LogP contribution in [0.1, 0.15) is 91.4 Å². The van der Waals surface area contributed by atoms with Gasteiger partial charge in [0.05, 0.1) is 0 Å². The number of benzene rings is 3. The third kappa shape index (κ3) is 16.4. The van der Waals surface area contributed by atoms with Crippen LogP contribution in [-0.4, -0.2) is 94.3 Å². The number of carbonyl (C=O) groups is 2. The zero-order chi connectivity index (χ0) is 44.1. The third-order valence-corrected chi connectivity index (χ3v) is 17.0. The van der Waals surface area contributed by atoms with E-state index in [4.69, 9.17) is 33.2 Å². The molecule has 9 nitrogen and oxygen atoms in total. The van der Waals surface area contributed by atoms with E-state index in [2.05, 4.69) is 84.3 Å². The van der Waals surface area contributed by atoms with E-state index in [1.807, 2.05) is 50.2 Å². The Hall–Kier alpha value is -2.97. The van der Waals surface area contributed by atoms with E-state index in [1.165, 1.54) is 4.46 Å². The first-order valence-corrected chi connectivity index (χ1v) is 30.9. The van der Waals surface area contributed by atoms with Gasteiger partial charge in [-0.25, -0.2) is 0 Å². The van der Waals surface area contributed by atoms with Gasteiger partial charge >= 0.3 is 371 Å². The van der Waals surface area contributed by atoms with Crippen molar-refractivity contribution in [1.29, 1.82) is 0 Å². The minimum atomic E-state index is -1.49. The monoisotopic (exact) mass is 928 g/mol. The fraction of sp³-hybridized carbons (Fsp3) is 0.583. The average molecular weight is 928 g/mol. The number of rotatable bonds is 24. The van der Waals surface area contributed by atoms with Crippen molar-refractivity contribution >= 4 is 47.5 Å². The second-order valence-electron chi connectivity index (χ2n) is 19.3. The normalized spacial score (nSPS) is 18.1. The maximum absolute atomic E-state index is 14.4. The number of methoxy groups -OCH3 is 1. The van der Waals surface area contributed by atoms with Gasteiger partial charge < -0.3 is 0 Å². The van der Waals surface area contributed by atoms with Gasteiger partial charge in [0.25, 0.3) is 0 Å². The van der Waals surface area contributed by atoms with Crippen molar-refractivity contribution < 1.29 is 42.7 Å². The molecule has 1 heterocycles. The molecule has 12 heteroatoms. The Bertz CT molecular complexity index is 1780. The molecule has 60 heavy (non-hydrogen) atoms. The van der Waals surface area contributed by atoms with E-state index in [1.54, 1.807) is 19.2 Å². The first-order valence-electron chi connectivity index (χ1n) is 21.7. The molecule has 0 N–H and O–H groups in total. The van der Waals surface area contributed by atoms with Crippen LogP contribution in [0.3, 0.4) is 0 Å². The molecule has 0 spiro atoms. The van der Waals surface area contributed by atoms with Gasteiger partial charge in [-0.15, -0.1) is 0 Å². The Balaban J connectivity index is 1.78. The predicted molar refractivity (Wildman–Crippen MR) is 248 cm³/mol. The van der Waals surface area contributed by atoms with Gasteiger partial charge in [0.2, 0.25) is 0 Å². The molecule has 1 aliphatic rings. The molecule has 3 aromatic rings. The summed E-state index contributed by atoms with van der Waals surface area (Å²) >= 11 is -0.138. The summed E-state index contributed by atoms with van der Waals surface area (Å²) in [5.41, 5.74) is 1.73. The third-order valence-electron chi connectivity index (χ3n) is 10.8. The standard InChI is InChI=1S/C48H72O9SeSi2/c1-34(2)35(3)23-24-40(55-46(49)36-19-15-13-16-20-36)45-41(56-48(4,5)57-45)25-26-43(58-38-21-17-14-18-22-38)39-31-37(52-27-29-59(7,8)9)32-42(54-33-51-6)44(39)47(50)53-28-30-60(10,11)12/h13-22,31-32,34-35,40-41,43,45H,23-30,33H2,1-12H3/t35?,40?,41-,43?,45?/m1/s1. The van der Waals surface area contributed by atoms with Crippen molar-refractivity contribution in [3.63, 3.8) is 0 Å². The molecule has 1 saturated heterocycles. The van der Waals surface area contributed by atoms with Crippen LogP contribution >= 0.6 is 0 Å². The van der Waals surface area contributed by atoms with Crippen LogP contribution in [0.2, 0.25) is 51.4 Å². The Labute approximate surface area is 369 Å². The minimum absolute atomic E-state index is 0.0377. The van der Waals surface area contributed by atoms with Crippen LogP contribution in [0.15, 0.2) is 72.8 Å². The SMILES string of the molecule is COCOc1cc(OCC[Si](C)(C)C)cc(C(CC[C@H]2OC(C)(C)OC2C(CCC(C)C(C)C)OC(=O)c2ccccc2)[Se]c2ccccc2)c1C(=O)OCC[Si](C)(C)C. The van der Waals surface area contributed by atoms with Gasteiger partial charge in [0, 0.05) is 0 Å². The molecule has 1 aliphatic heterocycles. The Morgan fingerprint density at radius 2 is 1.42 bits per heavy atom. The molecule has 5 atom stereocenters. The van der Waals surface area contributed by atoms with Crippen molar-refractivity contribution in [2.45, 2.75) is 141 Å². The molecule has 4 unspecified atom stereocenters. The van der Waals surface area contributed by atoms with Crippen molar-refractivity contribution in [1.82, 2.24) is 0 Å². The molecule has 332 valence electrons. The number of carbonyl (C=O) groups excluding carboxylic acids is 2. The Morgan fingerprint density at radius 1 is 0.783 bits per heavy atom. The van der Waals surface area contributed by atoms with Gasteiger partial charge in [-0.3, -0.25) is 0 Å². The van der Waals surface area contributed by atoms with Crippen LogP contribution in [-0.2, 0) is 23.7 Å². The summed E-state index contributed by atoms with van der Waals surface area (Å²) in [4.78, 5) is 27.9. The quantitative estimate of drug-likeness (QED) is 0.0494. The predicted octanol–water partition coefficient (Wildman–Crippen LogP) is 10.6. The Kier molecular flexibility index (Phi) is 19.0. The summed E-state index contributed by atoms with van der Waals surface area (Å²) in [6.07, 6.45) is 1.33. The van der Waals surface area contributed by atoms with Gasteiger partial charge in [-0.2, -0.15) is 0 Å². The molecular weight excluding hydrogens is 856 g/mol. The van der Waals surface area contributed by atoms with Crippen molar-refractivity contribution in [3.8, 4) is 11.5 Å². The van der Waals surface area contributed by atoms with Crippen LogP contribution in [0.4, 0.5) is 0 Å². The summed E-state index contributed by atoms with van der Waals surface area (Å²) in [7, 11) is -1.32. The molecule has 0 bridgehead atoms. The van der Waals surface area contributed by atoms with Gasteiger partial charge in [0.1, 0.15) is 0 Å². The van der Waals surface area contributed by atoms with Crippen LogP contribution in [0, 0.1) is 11.8 Å². The number of esters is 2. The van der Waals surface area contributed by atoms with E-state index >= 15 is 0 Å². The zero-order valence-electron chi connectivity index (χ0n) is 38.3. The van der Waals surface area contributed by atoms with Crippen molar-refractivity contribution in [2.75, 3.05) is 27.1 Å². The molecule has 0 radical (unpaired) electrons. The van der Waals surface area contributed by atoms with Gasteiger partial charge in [-0.05, 0) is 0 Å². The molecule has 1 fully saturated rings. The second kappa shape index (κ2) is 22.9. The van der Waals surface area contributed by atoms with Crippen molar-refractivity contribution in [2.24, 2.45) is 11.8 Å². The molecule has 4 rings (SSSR count). The van der Waals surface area contributed by atoms with E-state index < -0.39 is 40.1 Å². The fourth-order valence-corrected chi connectivity index (χ4v) is 10.9. The van der Waals surface area contributed by atoms with Gasteiger partial charge in [0.15, 0.2) is 0 Å². The molecular formula is C48H72O9SeSi2. The van der Waals surface area contributed by atoms with E-state index in [-0.39, 0.29) is 38.6 Å². The topological polar surface area (TPSA) is 98.8 Å². The van der Waals surface area contributed by atoms with Crippen molar-refractivity contribution in [3.05, 3.63) is 89.5 Å². The number of hydrogen-bond donors (Lipinski definition) is 0. The van der Waals surface area contributed by atoms with E-state index in [9.17, 15) is 9.59 Å². The van der Waals surface area contributed by atoms with E-state index in [0.29, 0.717) is 66.9 Å². The van der Waals surface area contributed by atoms with E-state index in [0.717, 1.165) is 24.1 Å². The van der Waals surface area contributed by atoms with Crippen LogP contribution in [0.5, 0.6) is 11.5 Å². The maximum atomic E-state index is 14.4. The molecule has 0 aromatic heterocycles.